The molecule has 3 unspecified atom stereocenters. The Hall–Kier alpha value is -0.790. The van der Waals surface area contributed by atoms with E-state index in [1.165, 1.54) is 51.4 Å². The summed E-state index contributed by atoms with van der Waals surface area (Å²) >= 11 is 0. The lowest BCUT2D eigenvalue weighted by atomic mass is 9.74. The van der Waals surface area contributed by atoms with Gasteiger partial charge in [0.15, 0.2) is 0 Å². The molecule has 1 heterocycles. The van der Waals surface area contributed by atoms with Crippen LogP contribution in [0.1, 0.15) is 65.2 Å². The summed E-state index contributed by atoms with van der Waals surface area (Å²) in [5.41, 5.74) is 0. The molecule has 108 valence electrons. The SMILES string of the molecule is CCCC(CCn1ccnc1)CC1CCCCC1C. The van der Waals surface area contributed by atoms with Gasteiger partial charge in [0, 0.05) is 18.9 Å². The van der Waals surface area contributed by atoms with Gasteiger partial charge in [-0.05, 0) is 30.6 Å². The minimum absolute atomic E-state index is 0.915. The van der Waals surface area contributed by atoms with E-state index < -0.39 is 0 Å². The van der Waals surface area contributed by atoms with Crippen LogP contribution in [0.2, 0.25) is 0 Å². The van der Waals surface area contributed by atoms with Gasteiger partial charge in [-0.25, -0.2) is 4.98 Å². The van der Waals surface area contributed by atoms with E-state index in [-0.39, 0.29) is 0 Å². The molecule has 3 atom stereocenters. The van der Waals surface area contributed by atoms with Crippen molar-refractivity contribution in [3.05, 3.63) is 18.7 Å². The van der Waals surface area contributed by atoms with Crippen LogP contribution < -0.4 is 0 Å². The first-order chi connectivity index (χ1) is 9.29. The Balaban J connectivity index is 1.80. The van der Waals surface area contributed by atoms with Crippen LogP contribution in [-0.2, 0) is 6.54 Å². The van der Waals surface area contributed by atoms with Crippen LogP contribution in [-0.4, -0.2) is 9.55 Å². The molecule has 2 heteroatoms. The maximum atomic E-state index is 4.14. The molecule has 0 amide bonds. The van der Waals surface area contributed by atoms with Gasteiger partial charge in [-0.15, -0.1) is 0 Å². The summed E-state index contributed by atoms with van der Waals surface area (Å²) in [5.74, 6) is 2.87. The summed E-state index contributed by atoms with van der Waals surface area (Å²) in [6, 6.07) is 0. The van der Waals surface area contributed by atoms with Gasteiger partial charge in [0.25, 0.3) is 0 Å². The van der Waals surface area contributed by atoms with Crippen molar-refractivity contribution in [1.29, 1.82) is 0 Å². The number of nitrogens with zero attached hydrogens (tertiary/aromatic N) is 2. The molecule has 0 saturated heterocycles. The average Bonchev–Trinajstić information content (AvgIpc) is 2.92. The van der Waals surface area contributed by atoms with Crippen molar-refractivity contribution in [3.63, 3.8) is 0 Å². The Labute approximate surface area is 118 Å². The molecule has 1 saturated carbocycles. The second-order valence-electron chi connectivity index (χ2n) is 6.50. The third-order valence-corrected chi connectivity index (χ3v) is 4.98. The molecule has 1 aliphatic rings. The molecule has 0 N–H and O–H groups in total. The molecule has 1 aliphatic carbocycles. The zero-order valence-corrected chi connectivity index (χ0v) is 12.7. The highest BCUT2D eigenvalue weighted by molar-refractivity contribution is 4.77. The Morgan fingerprint density at radius 3 is 2.79 bits per heavy atom. The fourth-order valence-electron chi connectivity index (χ4n) is 3.71. The topological polar surface area (TPSA) is 17.8 Å². The predicted molar refractivity (Wildman–Crippen MR) is 81.0 cm³/mol. The highest BCUT2D eigenvalue weighted by Crippen LogP contribution is 2.36. The summed E-state index contributed by atoms with van der Waals surface area (Å²) in [5, 5.41) is 0. The number of aromatic nitrogens is 2. The van der Waals surface area contributed by atoms with E-state index in [0.717, 1.165) is 24.3 Å². The third-order valence-electron chi connectivity index (χ3n) is 4.98. The molecule has 0 aromatic carbocycles. The molecule has 0 radical (unpaired) electrons. The van der Waals surface area contributed by atoms with Gasteiger partial charge < -0.3 is 4.57 Å². The summed E-state index contributed by atoms with van der Waals surface area (Å²) in [7, 11) is 0. The van der Waals surface area contributed by atoms with E-state index >= 15 is 0 Å². The van der Waals surface area contributed by atoms with Crippen LogP contribution in [0.3, 0.4) is 0 Å². The molecule has 2 nitrogen and oxygen atoms in total. The minimum Gasteiger partial charge on any atom is -0.337 e. The van der Waals surface area contributed by atoms with Gasteiger partial charge in [-0.2, -0.15) is 0 Å². The fraction of sp³-hybridized carbons (Fsp3) is 0.824. The quantitative estimate of drug-likeness (QED) is 0.683. The van der Waals surface area contributed by atoms with E-state index in [0.29, 0.717) is 0 Å². The van der Waals surface area contributed by atoms with Crippen molar-refractivity contribution >= 4 is 0 Å². The normalized spacial score (nSPS) is 25.4. The molecular formula is C17H30N2. The van der Waals surface area contributed by atoms with Crippen LogP contribution in [0.5, 0.6) is 0 Å². The van der Waals surface area contributed by atoms with Crippen molar-refractivity contribution in [1.82, 2.24) is 9.55 Å². The van der Waals surface area contributed by atoms with Crippen LogP contribution in [0.15, 0.2) is 18.7 Å². The maximum Gasteiger partial charge on any atom is 0.0945 e. The molecule has 2 rings (SSSR count). The minimum atomic E-state index is 0.915. The van der Waals surface area contributed by atoms with E-state index in [1.54, 1.807) is 0 Å². The summed E-state index contributed by atoms with van der Waals surface area (Å²) in [6.45, 7) is 5.95. The van der Waals surface area contributed by atoms with Gasteiger partial charge in [-0.3, -0.25) is 0 Å². The summed E-state index contributed by atoms with van der Waals surface area (Å²) in [4.78, 5) is 4.14. The van der Waals surface area contributed by atoms with Crippen LogP contribution in [0, 0.1) is 17.8 Å². The van der Waals surface area contributed by atoms with E-state index in [9.17, 15) is 0 Å². The zero-order valence-electron chi connectivity index (χ0n) is 12.7. The smallest absolute Gasteiger partial charge is 0.0945 e. The first kappa shape index (κ1) is 14.6. The standard InChI is InChI=1S/C17H30N2/c1-3-6-16(9-11-19-12-10-18-14-19)13-17-8-5-4-7-15(17)2/h10,12,14-17H,3-9,11,13H2,1-2H3. The number of hydrogen-bond donors (Lipinski definition) is 0. The number of imidazole rings is 1. The van der Waals surface area contributed by atoms with Crippen molar-refractivity contribution in [2.75, 3.05) is 0 Å². The second-order valence-corrected chi connectivity index (χ2v) is 6.50. The van der Waals surface area contributed by atoms with E-state index in [2.05, 4.69) is 29.6 Å². The molecule has 1 aromatic heterocycles. The lowest BCUT2D eigenvalue weighted by Gasteiger charge is -2.32. The number of rotatable bonds is 7. The van der Waals surface area contributed by atoms with Crippen molar-refractivity contribution in [2.45, 2.75) is 71.8 Å². The Bertz CT molecular complexity index is 331. The molecule has 1 fully saturated rings. The van der Waals surface area contributed by atoms with E-state index in [4.69, 9.17) is 0 Å². The average molecular weight is 262 g/mol. The molecule has 0 spiro atoms. The van der Waals surface area contributed by atoms with E-state index in [1.807, 2.05) is 12.5 Å². The highest BCUT2D eigenvalue weighted by atomic mass is 15.0. The molecule has 1 aromatic rings. The second kappa shape index (κ2) is 7.72. The van der Waals surface area contributed by atoms with Crippen LogP contribution >= 0.6 is 0 Å². The van der Waals surface area contributed by atoms with Crippen LogP contribution in [0.4, 0.5) is 0 Å². The highest BCUT2D eigenvalue weighted by Gasteiger charge is 2.24. The number of aryl methyl sites for hydroxylation is 1. The van der Waals surface area contributed by atoms with Gasteiger partial charge in [0.2, 0.25) is 0 Å². The largest absolute Gasteiger partial charge is 0.337 e. The Morgan fingerprint density at radius 2 is 2.11 bits per heavy atom. The lowest BCUT2D eigenvalue weighted by molar-refractivity contribution is 0.198. The molecule has 0 bridgehead atoms. The van der Waals surface area contributed by atoms with Gasteiger partial charge >= 0.3 is 0 Å². The lowest BCUT2D eigenvalue weighted by Crippen LogP contribution is -2.20. The molecule has 19 heavy (non-hydrogen) atoms. The molecule has 0 aliphatic heterocycles. The van der Waals surface area contributed by atoms with Crippen LogP contribution in [0.25, 0.3) is 0 Å². The predicted octanol–water partition coefficient (Wildman–Crippen LogP) is 4.91. The van der Waals surface area contributed by atoms with Gasteiger partial charge in [0.05, 0.1) is 6.33 Å². The summed E-state index contributed by atoms with van der Waals surface area (Å²) < 4.78 is 2.23. The Kier molecular flexibility index (Phi) is 5.93. The fourth-order valence-corrected chi connectivity index (χ4v) is 3.71. The van der Waals surface area contributed by atoms with Crippen molar-refractivity contribution < 1.29 is 0 Å². The zero-order chi connectivity index (χ0) is 13.5. The summed E-state index contributed by atoms with van der Waals surface area (Å²) in [6.07, 6.45) is 17.3. The van der Waals surface area contributed by atoms with Gasteiger partial charge in [0.1, 0.15) is 0 Å². The van der Waals surface area contributed by atoms with Crippen molar-refractivity contribution in [3.8, 4) is 0 Å². The first-order valence-corrected chi connectivity index (χ1v) is 8.25. The van der Waals surface area contributed by atoms with Gasteiger partial charge in [-0.1, -0.05) is 52.4 Å². The first-order valence-electron chi connectivity index (χ1n) is 8.25. The molecular weight excluding hydrogens is 232 g/mol. The van der Waals surface area contributed by atoms with Crippen molar-refractivity contribution in [2.24, 2.45) is 17.8 Å². The monoisotopic (exact) mass is 262 g/mol. The maximum absolute atomic E-state index is 4.14. The third kappa shape index (κ3) is 4.67. The Morgan fingerprint density at radius 1 is 1.26 bits per heavy atom. The number of hydrogen-bond acceptors (Lipinski definition) is 1.